The molecule has 0 saturated carbocycles. The fraction of sp³-hybridized carbons (Fsp3) is 0.0455. The lowest BCUT2D eigenvalue weighted by Crippen LogP contribution is -1.79. The minimum Gasteiger partial charge on any atom is -0.453 e. The van der Waals surface area contributed by atoms with Crippen LogP contribution in [0.5, 0.6) is 0 Å². The maximum atomic E-state index is 6.00. The highest BCUT2D eigenvalue weighted by Crippen LogP contribution is 2.32. The van der Waals surface area contributed by atoms with Gasteiger partial charge in [-0.05, 0) is 36.8 Å². The Morgan fingerprint density at radius 2 is 1.54 bits per heavy atom. The smallest absolute Gasteiger partial charge is 0.174 e. The highest BCUT2D eigenvalue weighted by atomic mass is 16.4. The summed E-state index contributed by atoms with van der Waals surface area (Å²) in [5, 5.41) is 1.06. The number of imidazole rings is 1. The highest BCUT2D eigenvalue weighted by Gasteiger charge is 2.15. The minimum absolute atomic E-state index is 0.686. The van der Waals surface area contributed by atoms with Gasteiger partial charge in [0.05, 0.1) is 11.4 Å². The number of furan rings is 2. The van der Waals surface area contributed by atoms with Crippen LogP contribution in [0.4, 0.5) is 0 Å². The molecular weight excluding hydrogens is 324 g/mol. The fourth-order valence-corrected chi connectivity index (χ4v) is 3.16. The summed E-state index contributed by atoms with van der Waals surface area (Å²) in [6.45, 7) is 1.99. The van der Waals surface area contributed by atoms with Crippen molar-refractivity contribution in [1.29, 1.82) is 0 Å². The summed E-state index contributed by atoms with van der Waals surface area (Å²) < 4.78 is 11.9. The molecule has 2 aromatic carbocycles. The van der Waals surface area contributed by atoms with Crippen LogP contribution < -0.4 is 0 Å². The third kappa shape index (κ3) is 2.43. The SMILES string of the molecule is Cc1nc(-c2ccc(-c3cc4ccccc4o3)o2)[nH]c1-c1ccccc1. The van der Waals surface area contributed by atoms with Crippen LogP contribution in [0, 0.1) is 6.92 Å². The van der Waals surface area contributed by atoms with Gasteiger partial charge < -0.3 is 13.8 Å². The van der Waals surface area contributed by atoms with Gasteiger partial charge in [0.25, 0.3) is 0 Å². The number of rotatable bonds is 3. The van der Waals surface area contributed by atoms with Crippen LogP contribution in [-0.2, 0) is 0 Å². The summed E-state index contributed by atoms with van der Waals surface area (Å²) >= 11 is 0. The lowest BCUT2D eigenvalue weighted by atomic mass is 10.1. The van der Waals surface area contributed by atoms with Crippen LogP contribution in [0.15, 0.2) is 81.6 Å². The van der Waals surface area contributed by atoms with Gasteiger partial charge in [0.2, 0.25) is 0 Å². The summed E-state index contributed by atoms with van der Waals surface area (Å²) in [4.78, 5) is 8.00. The number of hydrogen-bond acceptors (Lipinski definition) is 3. The number of aromatic nitrogens is 2. The van der Waals surface area contributed by atoms with Gasteiger partial charge >= 0.3 is 0 Å². The molecule has 126 valence electrons. The van der Waals surface area contributed by atoms with Crippen molar-refractivity contribution in [3.8, 4) is 34.4 Å². The Kier molecular flexibility index (Phi) is 3.28. The van der Waals surface area contributed by atoms with E-state index in [1.54, 1.807) is 0 Å². The van der Waals surface area contributed by atoms with E-state index in [2.05, 4.69) is 22.1 Å². The van der Waals surface area contributed by atoms with E-state index >= 15 is 0 Å². The van der Waals surface area contributed by atoms with Crippen molar-refractivity contribution in [2.24, 2.45) is 0 Å². The van der Waals surface area contributed by atoms with Gasteiger partial charge in [-0.25, -0.2) is 4.98 Å². The van der Waals surface area contributed by atoms with Crippen LogP contribution >= 0.6 is 0 Å². The van der Waals surface area contributed by atoms with E-state index in [4.69, 9.17) is 8.83 Å². The van der Waals surface area contributed by atoms with E-state index in [-0.39, 0.29) is 0 Å². The number of hydrogen-bond donors (Lipinski definition) is 1. The number of fused-ring (bicyclic) bond motifs is 1. The molecule has 0 aliphatic heterocycles. The van der Waals surface area contributed by atoms with Crippen LogP contribution in [-0.4, -0.2) is 9.97 Å². The molecule has 26 heavy (non-hydrogen) atoms. The summed E-state index contributed by atoms with van der Waals surface area (Å²) in [6.07, 6.45) is 0. The molecule has 0 atom stereocenters. The maximum absolute atomic E-state index is 6.00. The molecule has 0 spiro atoms. The van der Waals surface area contributed by atoms with Crippen molar-refractivity contribution in [2.45, 2.75) is 6.92 Å². The molecule has 0 radical (unpaired) electrons. The molecule has 0 aliphatic carbocycles. The van der Waals surface area contributed by atoms with Gasteiger partial charge in [0.1, 0.15) is 5.58 Å². The molecule has 0 aliphatic rings. The lowest BCUT2D eigenvalue weighted by Gasteiger charge is -1.97. The van der Waals surface area contributed by atoms with E-state index in [0.29, 0.717) is 23.1 Å². The third-order valence-electron chi connectivity index (χ3n) is 4.45. The molecule has 0 bridgehead atoms. The molecule has 5 aromatic rings. The number of nitrogens with zero attached hydrogens (tertiary/aromatic N) is 1. The second-order valence-electron chi connectivity index (χ2n) is 6.22. The quantitative estimate of drug-likeness (QED) is 0.434. The molecule has 4 heteroatoms. The molecule has 3 aromatic heterocycles. The Hall–Kier alpha value is -3.53. The summed E-state index contributed by atoms with van der Waals surface area (Å²) in [5.74, 6) is 2.80. The molecule has 0 fully saturated rings. The first-order valence-electron chi connectivity index (χ1n) is 8.49. The van der Waals surface area contributed by atoms with Gasteiger partial charge in [0.15, 0.2) is 23.1 Å². The van der Waals surface area contributed by atoms with Crippen molar-refractivity contribution in [2.75, 3.05) is 0 Å². The number of para-hydroxylation sites is 1. The Bertz CT molecular complexity index is 1160. The standard InChI is InChI=1S/C22H16N2O2/c1-14-21(15-7-3-2-4-8-15)24-22(23-14)19-12-11-18(26-19)20-13-16-9-5-6-10-17(16)25-20/h2-13H,1H3,(H,23,24). The first-order valence-corrected chi connectivity index (χ1v) is 8.49. The van der Waals surface area contributed by atoms with Crippen molar-refractivity contribution in [3.05, 3.63) is 78.5 Å². The van der Waals surface area contributed by atoms with Crippen molar-refractivity contribution in [1.82, 2.24) is 9.97 Å². The van der Waals surface area contributed by atoms with Crippen LogP contribution in [0.2, 0.25) is 0 Å². The molecule has 0 amide bonds. The number of aryl methyl sites for hydroxylation is 1. The van der Waals surface area contributed by atoms with E-state index < -0.39 is 0 Å². The number of nitrogens with one attached hydrogen (secondary N) is 1. The van der Waals surface area contributed by atoms with Crippen LogP contribution in [0.1, 0.15) is 5.69 Å². The largest absolute Gasteiger partial charge is 0.453 e. The molecule has 4 nitrogen and oxygen atoms in total. The van der Waals surface area contributed by atoms with Gasteiger partial charge in [-0.1, -0.05) is 48.5 Å². The normalized spacial score (nSPS) is 11.3. The molecule has 5 rings (SSSR count). The molecule has 0 saturated heterocycles. The molecule has 1 N–H and O–H groups in total. The Labute approximate surface area is 150 Å². The zero-order valence-electron chi connectivity index (χ0n) is 14.2. The average Bonchev–Trinajstić information content (AvgIpc) is 3.39. The van der Waals surface area contributed by atoms with Gasteiger partial charge in [-0.2, -0.15) is 0 Å². The van der Waals surface area contributed by atoms with E-state index in [1.807, 2.05) is 67.6 Å². The molecule has 3 heterocycles. The topological polar surface area (TPSA) is 55.0 Å². The zero-order valence-corrected chi connectivity index (χ0v) is 14.2. The lowest BCUT2D eigenvalue weighted by molar-refractivity contribution is 0.549. The second-order valence-corrected chi connectivity index (χ2v) is 6.22. The predicted molar refractivity (Wildman–Crippen MR) is 102 cm³/mol. The second kappa shape index (κ2) is 5.77. The fourth-order valence-electron chi connectivity index (χ4n) is 3.16. The van der Waals surface area contributed by atoms with Gasteiger partial charge in [0, 0.05) is 5.39 Å². The molecule has 0 unspecified atom stereocenters. The number of benzene rings is 2. The Morgan fingerprint density at radius 3 is 2.38 bits per heavy atom. The number of aromatic amines is 1. The maximum Gasteiger partial charge on any atom is 0.174 e. The Morgan fingerprint density at radius 1 is 0.769 bits per heavy atom. The van der Waals surface area contributed by atoms with Crippen molar-refractivity contribution in [3.63, 3.8) is 0 Å². The summed E-state index contributed by atoms with van der Waals surface area (Å²) in [5.41, 5.74) is 3.89. The number of H-pyrrole nitrogens is 1. The first kappa shape index (κ1) is 14.8. The highest BCUT2D eigenvalue weighted by molar-refractivity contribution is 5.82. The van der Waals surface area contributed by atoms with E-state index in [9.17, 15) is 0 Å². The van der Waals surface area contributed by atoms with E-state index in [0.717, 1.165) is 27.9 Å². The average molecular weight is 340 g/mol. The summed E-state index contributed by atoms with van der Waals surface area (Å²) in [7, 11) is 0. The molecular formula is C22H16N2O2. The van der Waals surface area contributed by atoms with Gasteiger partial charge in [-0.3, -0.25) is 0 Å². The van der Waals surface area contributed by atoms with Crippen LogP contribution in [0.3, 0.4) is 0 Å². The van der Waals surface area contributed by atoms with E-state index in [1.165, 1.54) is 0 Å². The van der Waals surface area contributed by atoms with Crippen molar-refractivity contribution < 1.29 is 8.83 Å². The monoisotopic (exact) mass is 340 g/mol. The zero-order chi connectivity index (χ0) is 17.5. The van der Waals surface area contributed by atoms with Crippen molar-refractivity contribution >= 4 is 11.0 Å². The summed E-state index contributed by atoms with van der Waals surface area (Å²) in [6, 6.07) is 23.9. The van der Waals surface area contributed by atoms with Crippen LogP contribution in [0.25, 0.3) is 45.3 Å². The Balaban J connectivity index is 1.52. The van der Waals surface area contributed by atoms with Gasteiger partial charge in [-0.15, -0.1) is 0 Å². The minimum atomic E-state index is 0.686. The predicted octanol–water partition coefficient (Wildman–Crippen LogP) is 6.06. The first-order chi connectivity index (χ1) is 12.8. The third-order valence-corrected chi connectivity index (χ3v) is 4.45.